The van der Waals surface area contributed by atoms with Crippen molar-refractivity contribution in [2.75, 3.05) is 5.32 Å². The summed E-state index contributed by atoms with van der Waals surface area (Å²) in [5.74, 6) is 0.860. The summed E-state index contributed by atoms with van der Waals surface area (Å²) in [5.41, 5.74) is 2.36. The second-order valence-electron chi connectivity index (χ2n) is 9.12. The van der Waals surface area contributed by atoms with Gasteiger partial charge in [0.25, 0.3) is 0 Å². The molecule has 0 aliphatic carbocycles. The lowest BCUT2D eigenvalue weighted by atomic mass is 10.1. The van der Waals surface area contributed by atoms with Gasteiger partial charge in [0.05, 0.1) is 23.1 Å². The number of nitrogens with zero attached hydrogens (tertiary/aromatic N) is 5. The lowest BCUT2D eigenvalue weighted by Crippen LogP contribution is -2.27. The zero-order chi connectivity index (χ0) is 25.3. The van der Waals surface area contributed by atoms with Crippen LogP contribution in [-0.4, -0.2) is 42.7 Å². The molecule has 182 valence electrons. The Morgan fingerprint density at radius 3 is 2.69 bits per heavy atom. The van der Waals surface area contributed by atoms with E-state index in [1.165, 1.54) is 4.68 Å². The van der Waals surface area contributed by atoms with Gasteiger partial charge in [-0.25, -0.2) is 14.8 Å². The molecule has 36 heavy (non-hydrogen) atoms. The van der Waals surface area contributed by atoms with Crippen molar-refractivity contribution in [2.45, 2.75) is 39.2 Å². The van der Waals surface area contributed by atoms with Crippen LogP contribution in [0.3, 0.4) is 0 Å². The van der Waals surface area contributed by atoms with E-state index in [2.05, 4.69) is 25.4 Å². The minimum absolute atomic E-state index is 0.262. The van der Waals surface area contributed by atoms with Crippen LogP contribution >= 0.6 is 0 Å². The lowest BCUT2D eigenvalue weighted by Gasteiger charge is -2.19. The number of fused-ring (bicyclic) bond motifs is 2. The molecule has 0 fully saturated rings. The molecule has 0 amide bonds. The molecule has 0 spiro atoms. The van der Waals surface area contributed by atoms with E-state index in [9.17, 15) is 9.59 Å². The van der Waals surface area contributed by atoms with Crippen LogP contribution in [0.2, 0.25) is 0 Å². The SMILES string of the molecule is CC(C)(C)OC(=O)n1nc(CCC=O)c2c(Nc3c(-c4ncccn4)oc4cnccc34)cccc21. The number of pyridine rings is 1. The Morgan fingerprint density at radius 1 is 1.14 bits per heavy atom. The second-order valence-corrected chi connectivity index (χ2v) is 9.12. The number of rotatable bonds is 6. The number of carbonyl (C=O) groups excluding carboxylic acids is 2. The number of benzene rings is 1. The average Bonchev–Trinajstić information content (AvgIpc) is 3.42. The Hall–Kier alpha value is -4.60. The van der Waals surface area contributed by atoms with Crippen molar-refractivity contribution >= 4 is 45.6 Å². The second kappa shape index (κ2) is 9.21. The first-order valence-electron chi connectivity index (χ1n) is 11.4. The fourth-order valence-electron chi connectivity index (χ4n) is 3.95. The van der Waals surface area contributed by atoms with Crippen LogP contribution in [0.25, 0.3) is 33.5 Å². The first kappa shape index (κ1) is 23.2. The molecule has 5 aromatic rings. The van der Waals surface area contributed by atoms with Gasteiger partial charge in [-0.2, -0.15) is 9.78 Å². The molecular formula is C26H24N6O4. The summed E-state index contributed by atoms with van der Waals surface area (Å²) in [6.45, 7) is 5.38. The molecule has 4 heterocycles. The molecule has 0 bridgehead atoms. The average molecular weight is 485 g/mol. The third-order valence-corrected chi connectivity index (χ3v) is 5.37. The fraction of sp³-hybridized carbons (Fsp3) is 0.231. The van der Waals surface area contributed by atoms with Gasteiger partial charge in [0, 0.05) is 41.5 Å². The maximum Gasteiger partial charge on any atom is 0.435 e. The van der Waals surface area contributed by atoms with Crippen molar-refractivity contribution < 1.29 is 18.7 Å². The first-order valence-corrected chi connectivity index (χ1v) is 11.4. The molecule has 0 saturated heterocycles. The van der Waals surface area contributed by atoms with E-state index in [-0.39, 0.29) is 6.42 Å². The number of nitrogens with one attached hydrogen (secondary N) is 1. The van der Waals surface area contributed by atoms with Crippen molar-refractivity contribution in [3.63, 3.8) is 0 Å². The number of anilines is 2. The number of carbonyl (C=O) groups is 2. The van der Waals surface area contributed by atoms with E-state index < -0.39 is 11.7 Å². The highest BCUT2D eigenvalue weighted by atomic mass is 16.6. The molecule has 10 nitrogen and oxygen atoms in total. The molecule has 10 heteroatoms. The predicted octanol–water partition coefficient (Wildman–Crippen LogP) is 5.29. The van der Waals surface area contributed by atoms with E-state index >= 15 is 0 Å². The molecule has 0 saturated carbocycles. The third kappa shape index (κ3) is 4.40. The summed E-state index contributed by atoms with van der Waals surface area (Å²) in [6, 6.07) is 9.06. The zero-order valence-electron chi connectivity index (χ0n) is 20.1. The summed E-state index contributed by atoms with van der Waals surface area (Å²) < 4.78 is 12.9. The molecule has 0 aliphatic rings. The van der Waals surface area contributed by atoms with Gasteiger partial charge in [-0.15, -0.1) is 0 Å². The maximum atomic E-state index is 13.0. The highest BCUT2D eigenvalue weighted by Crippen LogP contribution is 2.40. The topological polar surface area (TPSA) is 125 Å². The fourth-order valence-corrected chi connectivity index (χ4v) is 3.95. The standard InChI is InChI=1S/C26H24N6O4/c1-26(2,3)36-25(34)32-19-9-4-7-17(21(19)18(31-32)8-5-14-33)30-22-16-10-13-27-15-20(16)35-23(22)24-28-11-6-12-29-24/h4,6-7,9-15,30H,5,8H2,1-3H3. The summed E-state index contributed by atoms with van der Waals surface area (Å²) in [5, 5.41) is 9.48. The minimum atomic E-state index is -0.692. The molecule has 5 rings (SSSR count). The summed E-state index contributed by atoms with van der Waals surface area (Å²) >= 11 is 0. The van der Waals surface area contributed by atoms with Crippen LogP contribution in [-0.2, 0) is 16.0 Å². The van der Waals surface area contributed by atoms with Crippen LogP contribution in [0.15, 0.2) is 59.5 Å². The summed E-state index contributed by atoms with van der Waals surface area (Å²) in [7, 11) is 0. The Bertz CT molecular complexity index is 1570. The van der Waals surface area contributed by atoms with Crippen LogP contribution in [0.4, 0.5) is 16.2 Å². The number of ether oxygens (including phenoxy) is 1. The van der Waals surface area contributed by atoms with Crippen LogP contribution in [0.1, 0.15) is 32.9 Å². The molecule has 0 unspecified atom stereocenters. The van der Waals surface area contributed by atoms with Gasteiger partial charge in [-0.05, 0) is 51.5 Å². The van der Waals surface area contributed by atoms with Gasteiger partial charge < -0.3 is 19.3 Å². The Kier molecular flexibility index (Phi) is 5.93. The van der Waals surface area contributed by atoms with Crippen molar-refractivity contribution in [1.82, 2.24) is 24.7 Å². The first-order chi connectivity index (χ1) is 17.4. The minimum Gasteiger partial charge on any atom is -0.449 e. The van der Waals surface area contributed by atoms with E-state index in [1.54, 1.807) is 57.7 Å². The number of hydrogen-bond donors (Lipinski definition) is 1. The monoisotopic (exact) mass is 484 g/mol. The highest BCUT2D eigenvalue weighted by Gasteiger charge is 2.25. The number of aryl methyl sites for hydroxylation is 1. The number of furan rings is 1. The third-order valence-electron chi connectivity index (χ3n) is 5.37. The Morgan fingerprint density at radius 2 is 1.94 bits per heavy atom. The van der Waals surface area contributed by atoms with Gasteiger partial charge in [0.15, 0.2) is 17.2 Å². The zero-order valence-corrected chi connectivity index (χ0v) is 20.1. The molecule has 0 atom stereocenters. The Balaban J connectivity index is 1.68. The molecule has 0 aliphatic heterocycles. The quantitative estimate of drug-likeness (QED) is 0.320. The van der Waals surface area contributed by atoms with E-state index in [0.717, 1.165) is 11.7 Å². The van der Waals surface area contributed by atoms with Gasteiger partial charge in [-0.3, -0.25) is 4.98 Å². The van der Waals surface area contributed by atoms with Crippen LogP contribution in [0, 0.1) is 0 Å². The van der Waals surface area contributed by atoms with E-state index in [0.29, 0.717) is 51.6 Å². The summed E-state index contributed by atoms with van der Waals surface area (Å²) in [4.78, 5) is 37.0. The molecule has 1 N–H and O–H groups in total. The number of aldehydes is 1. The van der Waals surface area contributed by atoms with E-state index in [1.807, 2.05) is 18.2 Å². The van der Waals surface area contributed by atoms with Crippen molar-refractivity contribution in [2.24, 2.45) is 0 Å². The smallest absolute Gasteiger partial charge is 0.435 e. The van der Waals surface area contributed by atoms with Gasteiger partial charge in [0.2, 0.25) is 0 Å². The van der Waals surface area contributed by atoms with Gasteiger partial charge in [-0.1, -0.05) is 6.07 Å². The molecule has 4 aromatic heterocycles. The van der Waals surface area contributed by atoms with Crippen LogP contribution < -0.4 is 5.32 Å². The highest BCUT2D eigenvalue weighted by molar-refractivity contribution is 6.04. The maximum absolute atomic E-state index is 13.0. The van der Waals surface area contributed by atoms with Crippen molar-refractivity contribution in [1.29, 1.82) is 0 Å². The predicted molar refractivity (Wildman–Crippen MR) is 134 cm³/mol. The number of hydrogen-bond acceptors (Lipinski definition) is 9. The van der Waals surface area contributed by atoms with Gasteiger partial charge in [0.1, 0.15) is 11.9 Å². The van der Waals surface area contributed by atoms with Crippen molar-refractivity contribution in [3.05, 3.63) is 60.8 Å². The molecule has 1 aromatic carbocycles. The molecule has 0 radical (unpaired) electrons. The van der Waals surface area contributed by atoms with Crippen molar-refractivity contribution in [3.8, 4) is 11.6 Å². The van der Waals surface area contributed by atoms with Gasteiger partial charge >= 0.3 is 6.09 Å². The molecular weight excluding hydrogens is 460 g/mol. The van der Waals surface area contributed by atoms with Crippen LogP contribution in [0.5, 0.6) is 0 Å². The number of aromatic nitrogens is 5. The summed E-state index contributed by atoms with van der Waals surface area (Å²) in [6.07, 6.45) is 7.44. The normalized spacial score (nSPS) is 11.6. The Labute approximate surface area is 206 Å². The van der Waals surface area contributed by atoms with E-state index in [4.69, 9.17) is 9.15 Å². The lowest BCUT2D eigenvalue weighted by molar-refractivity contribution is -0.107. The largest absolute Gasteiger partial charge is 0.449 e.